The van der Waals surface area contributed by atoms with Crippen molar-refractivity contribution in [3.8, 4) is 0 Å². The molecule has 1 nitrogen and oxygen atoms in total. The van der Waals surface area contributed by atoms with E-state index >= 15 is 0 Å². The van der Waals surface area contributed by atoms with E-state index in [0.717, 1.165) is 6.42 Å². The first-order valence-corrected chi connectivity index (χ1v) is 8.40. The molecule has 0 bridgehead atoms. The number of hydrogen-bond donors (Lipinski definition) is 1. The van der Waals surface area contributed by atoms with Gasteiger partial charge in [0.1, 0.15) is 0 Å². The molecule has 0 amide bonds. The fraction of sp³-hybridized carbons (Fsp3) is 0.333. The Morgan fingerprint density at radius 3 is 2.60 bits per heavy atom. The molecule has 0 saturated carbocycles. The minimum Gasteiger partial charge on any atom is -0.324 e. The van der Waals surface area contributed by atoms with E-state index in [2.05, 4.69) is 71.1 Å². The average molecular weight is 377 g/mol. The van der Waals surface area contributed by atoms with Gasteiger partial charge in [-0.2, -0.15) is 0 Å². The highest BCUT2D eigenvalue weighted by molar-refractivity contribution is 14.1. The van der Waals surface area contributed by atoms with Gasteiger partial charge in [-0.05, 0) is 83.0 Å². The van der Waals surface area contributed by atoms with Crippen LogP contribution < -0.4 is 5.73 Å². The van der Waals surface area contributed by atoms with E-state index in [9.17, 15) is 0 Å². The Labute approximate surface area is 134 Å². The number of nitrogens with two attached hydrogens (primary N) is 1. The molecular weight excluding hydrogens is 357 g/mol. The fourth-order valence-corrected chi connectivity index (χ4v) is 3.59. The Bertz CT molecular complexity index is 576. The highest BCUT2D eigenvalue weighted by Gasteiger charge is 2.24. The van der Waals surface area contributed by atoms with Gasteiger partial charge in [-0.25, -0.2) is 0 Å². The molecule has 104 valence electrons. The van der Waals surface area contributed by atoms with E-state index in [1.54, 1.807) is 0 Å². The van der Waals surface area contributed by atoms with E-state index in [0.29, 0.717) is 5.92 Å². The molecule has 2 atom stereocenters. The zero-order valence-electron chi connectivity index (χ0n) is 11.6. The molecule has 0 aliphatic heterocycles. The van der Waals surface area contributed by atoms with E-state index in [1.807, 2.05) is 0 Å². The zero-order valence-corrected chi connectivity index (χ0v) is 13.7. The minimum absolute atomic E-state index is 0.174. The predicted octanol–water partition coefficient (Wildman–Crippen LogP) is 4.49. The van der Waals surface area contributed by atoms with Gasteiger partial charge in [0.2, 0.25) is 0 Å². The molecule has 1 aliphatic carbocycles. The lowest BCUT2D eigenvalue weighted by Gasteiger charge is -2.23. The van der Waals surface area contributed by atoms with Crippen molar-refractivity contribution in [1.82, 2.24) is 0 Å². The van der Waals surface area contributed by atoms with Crippen LogP contribution in [0.3, 0.4) is 0 Å². The first-order chi connectivity index (χ1) is 9.74. The number of fused-ring (bicyclic) bond motifs is 1. The summed E-state index contributed by atoms with van der Waals surface area (Å²) in [7, 11) is 0. The summed E-state index contributed by atoms with van der Waals surface area (Å²) >= 11 is 2.35. The van der Waals surface area contributed by atoms with Crippen LogP contribution in [0.2, 0.25) is 0 Å². The van der Waals surface area contributed by atoms with Crippen molar-refractivity contribution in [2.45, 2.75) is 31.7 Å². The first-order valence-electron chi connectivity index (χ1n) is 7.32. The van der Waals surface area contributed by atoms with Gasteiger partial charge >= 0.3 is 0 Å². The third-order valence-electron chi connectivity index (χ3n) is 4.35. The topological polar surface area (TPSA) is 26.0 Å². The second kappa shape index (κ2) is 6.27. The van der Waals surface area contributed by atoms with Crippen LogP contribution in [0.25, 0.3) is 0 Å². The molecule has 2 N–H and O–H groups in total. The second-order valence-corrected chi connectivity index (χ2v) is 6.95. The number of hydrogen-bond acceptors (Lipinski definition) is 1. The van der Waals surface area contributed by atoms with Crippen LogP contribution in [0.1, 0.15) is 35.6 Å². The molecule has 20 heavy (non-hydrogen) atoms. The van der Waals surface area contributed by atoms with Crippen molar-refractivity contribution in [2.24, 2.45) is 11.7 Å². The summed E-state index contributed by atoms with van der Waals surface area (Å²) < 4.78 is 1.29. The van der Waals surface area contributed by atoms with Crippen LogP contribution in [0.15, 0.2) is 48.5 Å². The smallest absolute Gasteiger partial charge is 0.0329 e. The Kier molecular flexibility index (Phi) is 4.41. The van der Waals surface area contributed by atoms with Gasteiger partial charge in [0.25, 0.3) is 0 Å². The minimum atomic E-state index is 0.174. The fourth-order valence-electron chi connectivity index (χ4n) is 3.23. The lowest BCUT2D eigenvalue weighted by Crippen LogP contribution is -2.22. The van der Waals surface area contributed by atoms with Gasteiger partial charge in [0, 0.05) is 9.61 Å². The Hall–Kier alpha value is -0.870. The Morgan fingerprint density at radius 2 is 1.80 bits per heavy atom. The van der Waals surface area contributed by atoms with Crippen LogP contribution >= 0.6 is 22.6 Å². The molecule has 1 aliphatic rings. The molecule has 0 spiro atoms. The summed E-state index contributed by atoms with van der Waals surface area (Å²) in [5.41, 5.74) is 10.8. The molecule has 2 heteroatoms. The molecule has 2 unspecified atom stereocenters. The zero-order chi connectivity index (χ0) is 13.9. The number of rotatable bonds is 2. The maximum atomic E-state index is 6.57. The van der Waals surface area contributed by atoms with Crippen molar-refractivity contribution in [3.05, 3.63) is 68.8 Å². The highest BCUT2D eigenvalue weighted by Crippen LogP contribution is 2.33. The van der Waals surface area contributed by atoms with Crippen molar-refractivity contribution in [1.29, 1.82) is 0 Å². The van der Waals surface area contributed by atoms with Crippen LogP contribution in [-0.4, -0.2) is 0 Å². The van der Waals surface area contributed by atoms with Crippen LogP contribution in [-0.2, 0) is 12.8 Å². The molecule has 0 radical (unpaired) electrons. The van der Waals surface area contributed by atoms with Gasteiger partial charge < -0.3 is 5.73 Å². The molecular formula is C18H20IN. The summed E-state index contributed by atoms with van der Waals surface area (Å²) in [6.07, 6.45) is 4.74. The number of halogens is 1. The van der Waals surface area contributed by atoms with Gasteiger partial charge in [0.05, 0.1) is 0 Å². The molecule has 0 fully saturated rings. The third-order valence-corrected chi connectivity index (χ3v) is 5.07. The van der Waals surface area contributed by atoms with Crippen molar-refractivity contribution in [3.63, 3.8) is 0 Å². The molecule has 0 saturated heterocycles. The van der Waals surface area contributed by atoms with Gasteiger partial charge in [-0.1, -0.05) is 36.4 Å². The lowest BCUT2D eigenvalue weighted by atomic mass is 9.86. The summed E-state index contributed by atoms with van der Waals surface area (Å²) in [4.78, 5) is 0. The monoisotopic (exact) mass is 377 g/mol. The molecule has 0 aromatic heterocycles. The lowest BCUT2D eigenvalue weighted by molar-refractivity contribution is 0.402. The molecule has 3 rings (SSSR count). The molecule has 2 aromatic carbocycles. The van der Waals surface area contributed by atoms with Crippen molar-refractivity contribution in [2.75, 3.05) is 0 Å². The maximum Gasteiger partial charge on any atom is 0.0329 e. The van der Waals surface area contributed by atoms with E-state index in [-0.39, 0.29) is 6.04 Å². The van der Waals surface area contributed by atoms with Crippen molar-refractivity contribution >= 4 is 22.6 Å². The molecule has 0 heterocycles. The average Bonchev–Trinajstić information content (AvgIpc) is 2.62. The third kappa shape index (κ3) is 3.07. The van der Waals surface area contributed by atoms with Gasteiger partial charge in [-0.3, -0.25) is 0 Å². The summed E-state index contributed by atoms with van der Waals surface area (Å²) in [5, 5.41) is 0. The van der Waals surface area contributed by atoms with Crippen LogP contribution in [0.4, 0.5) is 0 Å². The first kappa shape index (κ1) is 14.1. The normalized spacial score (nSPS) is 22.1. The summed E-state index contributed by atoms with van der Waals surface area (Å²) in [5.74, 6) is 0.554. The predicted molar refractivity (Wildman–Crippen MR) is 92.7 cm³/mol. The number of benzene rings is 2. The van der Waals surface area contributed by atoms with E-state index in [1.165, 1.54) is 39.5 Å². The van der Waals surface area contributed by atoms with Crippen LogP contribution in [0.5, 0.6) is 0 Å². The maximum absolute atomic E-state index is 6.57. The Balaban J connectivity index is 1.82. The van der Waals surface area contributed by atoms with Crippen molar-refractivity contribution < 1.29 is 0 Å². The Morgan fingerprint density at radius 1 is 1.05 bits per heavy atom. The SMILES string of the molecule is NC1c2ccccc2CCCC1Cc1ccc(I)cc1. The van der Waals surface area contributed by atoms with Gasteiger partial charge in [0.15, 0.2) is 0 Å². The van der Waals surface area contributed by atoms with Crippen LogP contribution in [0, 0.1) is 9.49 Å². The van der Waals surface area contributed by atoms with E-state index < -0.39 is 0 Å². The number of aryl methyl sites for hydroxylation is 1. The quantitative estimate of drug-likeness (QED) is 0.606. The van der Waals surface area contributed by atoms with Gasteiger partial charge in [-0.15, -0.1) is 0 Å². The highest BCUT2D eigenvalue weighted by atomic mass is 127. The molecule has 2 aromatic rings. The summed E-state index contributed by atoms with van der Waals surface area (Å²) in [6.45, 7) is 0. The second-order valence-electron chi connectivity index (χ2n) is 5.71. The largest absolute Gasteiger partial charge is 0.324 e. The summed E-state index contributed by atoms with van der Waals surface area (Å²) in [6, 6.07) is 17.7. The van der Waals surface area contributed by atoms with E-state index in [4.69, 9.17) is 5.73 Å². The standard InChI is InChI=1S/C18H20IN/c19-16-10-8-13(9-11-16)12-15-6-3-5-14-4-1-2-7-17(14)18(15)20/h1-2,4,7-11,15,18H,3,5-6,12,20H2.